The summed E-state index contributed by atoms with van der Waals surface area (Å²) < 4.78 is 9.94. The molecule has 1 aliphatic carbocycles. The number of hydrogen-bond donors (Lipinski definition) is 2. The second-order valence-corrected chi connectivity index (χ2v) is 7.69. The van der Waals surface area contributed by atoms with Gasteiger partial charge in [-0.05, 0) is 19.8 Å². The van der Waals surface area contributed by atoms with Gasteiger partial charge < -0.3 is 29.7 Å². The molecule has 0 aromatic carbocycles. The van der Waals surface area contributed by atoms with Crippen molar-refractivity contribution >= 4 is 35.1 Å². The lowest BCUT2D eigenvalue weighted by Crippen LogP contribution is -2.54. The summed E-state index contributed by atoms with van der Waals surface area (Å²) >= 11 is 0. The van der Waals surface area contributed by atoms with Crippen molar-refractivity contribution in [1.82, 2.24) is 9.97 Å². The molecule has 2 aliphatic rings. The van der Waals surface area contributed by atoms with Crippen molar-refractivity contribution in [3.8, 4) is 11.5 Å². The van der Waals surface area contributed by atoms with E-state index < -0.39 is 6.16 Å². The van der Waals surface area contributed by atoms with Gasteiger partial charge in [0.1, 0.15) is 11.9 Å². The van der Waals surface area contributed by atoms with Crippen LogP contribution in [0.25, 0.3) is 0 Å². The van der Waals surface area contributed by atoms with Crippen LogP contribution in [0.2, 0.25) is 0 Å². The fourth-order valence-electron chi connectivity index (χ4n) is 4.35. The Labute approximate surface area is 179 Å². The molecule has 1 atom stereocenters. The molecule has 1 aliphatic heterocycles. The molecule has 0 spiro atoms. The van der Waals surface area contributed by atoms with Gasteiger partial charge >= 0.3 is 6.16 Å². The Hall–Kier alpha value is -3.56. The van der Waals surface area contributed by atoms with Crippen LogP contribution in [0.1, 0.15) is 32.6 Å². The number of pyridine rings is 2. The molecule has 0 saturated heterocycles. The Morgan fingerprint density at radius 2 is 1.94 bits per heavy atom. The lowest BCUT2D eigenvalue weighted by atomic mass is 10.0. The fraction of sp³-hybridized carbons (Fsp3) is 0.429. The van der Waals surface area contributed by atoms with Crippen LogP contribution in [0.4, 0.5) is 27.8 Å². The quantitative estimate of drug-likeness (QED) is 0.692. The maximum atomic E-state index is 12.8. The van der Waals surface area contributed by atoms with Crippen molar-refractivity contribution in [2.24, 2.45) is 0 Å². The van der Waals surface area contributed by atoms with Crippen LogP contribution < -0.4 is 24.6 Å². The number of aromatic nitrogens is 2. The van der Waals surface area contributed by atoms with Crippen LogP contribution in [0, 0.1) is 0 Å². The van der Waals surface area contributed by atoms with Crippen molar-refractivity contribution in [1.29, 1.82) is 0 Å². The van der Waals surface area contributed by atoms with Gasteiger partial charge in [-0.1, -0.05) is 12.8 Å². The molecule has 10 nitrogen and oxygen atoms in total. The van der Waals surface area contributed by atoms with E-state index in [9.17, 15) is 9.59 Å². The smallest absolute Gasteiger partial charge is 0.493 e. The number of ether oxygens (including phenoxy) is 2. The molecule has 10 heteroatoms. The largest absolute Gasteiger partial charge is 0.511 e. The van der Waals surface area contributed by atoms with Crippen molar-refractivity contribution in [3.63, 3.8) is 0 Å². The van der Waals surface area contributed by atoms with Crippen LogP contribution in [-0.2, 0) is 4.79 Å². The summed E-state index contributed by atoms with van der Waals surface area (Å²) in [5.41, 5.74) is 1.72. The Morgan fingerprint density at radius 1 is 1.19 bits per heavy atom. The molecule has 2 aromatic heterocycles. The number of nitrogens with zero attached hydrogens (tertiary/aromatic N) is 4. The number of likely N-dealkylation sites (N-methyl/N-ethyl adjacent to an activating group) is 1. The molecular formula is C21H25N5O5. The first-order chi connectivity index (χ1) is 14.9. The number of amides is 1. The topological polar surface area (TPSA) is 117 Å². The highest BCUT2D eigenvalue weighted by atomic mass is 16.7. The van der Waals surface area contributed by atoms with Gasteiger partial charge in [0.2, 0.25) is 5.91 Å². The zero-order valence-corrected chi connectivity index (χ0v) is 17.7. The Morgan fingerprint density at radius 3 is 2.61 bits per heavy atom. The highest BCUT2D eigenvalue weighted by Gasteiger charge is 2.38. The lowest BCUT2D eigenvalue weighted by molar-refractivity contribution is -0.119. The van der Waals surface area contributed by atoms with Gasteiger partial charge in [-0.2, -0.15) is 0 Å². The molecule has 3 heterocycles. The number of anilines is 4. The fourth-order valence-corrected chi connectivity index (χ4v) is 4.35. The first kappa shape index (κ1) is 20.7. The summed E-state index contributed by atoms with van der Waals surface area (Å²) in [6.45, 7) is 1.94. The van der Waals surface area contributed by atoms with Crippen LogP contribution in [0.15, 0.2) is 24.5 Å². The monoisotopic (exact) mass is 427 g/mol. The van der Waals surface area contributed by atoms with Gasteiger partial charge in [0, 0.05) is 25.2 Å². The van der Waals surface area contributed by atoms with Crippen LogP contribution in [0.5, 0.6) is 11.5 Å². The summed E-state index contributed by atoms with van der Waals surface area (Å²) in [4.78, 5) is 36.1. The summed E-state index contributed by atoms with van der Waals surface area (Å²) in [5.74, 6) is 1.32. The molecule has 0 bridgehead atoms. The molecule has 1 saturated carbocycles. The van der Waals surface area contributed by atoms with Gasteiger partial charge in [0.25, 0.3) is 0 Å². The molecule has 1 fully saturated rings. The summed E-state index contributed by atoms with van der Waals surface area (Å²) in [7, 11) is 3.22. The van der Waals surface area contributed by atoms with E-state index in [1.54, 1.807) is 18.1 Å². The SMILES string of the molecule is COc1cc(OC(=O)O)cnc1Nc1cc2c(cn1)N(C)C(=O)C(C)N2C1CCCC1. The number of fused-ring (bicyclic) bond motifs is 1. The standard InChI is InChI=1S/C21H25N5O5/c1-12-20(27)25(2)16-11-22-18(9-15(16)26(12)13-6-4-5-7-13)24-19-17(30-3)8-14(10-23-19)31-21(28)29/h8-13H,4-7H2,1-3H3,(H,28,29)(H,22,23,24). The van der Waals surface area contributed by atoms with E-state index in [1.807, 2.05) is 13.0 Å². The normalized spacial score (nSPS) is 18.7. The number of carbonyl (C=O) groups is 2. The summed E-state index contributed by atoms with van der Waals surface area (Å²) in [5, 5.41) is 11.9. The number of carbonyl (C=O) groups excluding carboxylic acids is 1. The third kappa shape index (κ3) is 3.92. The van der Waals surface area contributed by atoms with Gasteiger partial charge in [-0.15, -0.1) is 0 Å². The first-order valence-corrected chi connectivity index (χ1v) is 10.2. The number of methoxy groups -OCH3 is 1. The summed E-state index contributed by atoms with van der Waals surface area (Å²) in [6, 6.07) is 3.41. The van der Waals surface area contributed by atoms with Crippen molar-refractivity contribution in [3.05, 3.63) is 24.5 Å². The minimum Gasteiger partial charge on any atom is -0.493 e. The van der Waals surface area contributed by atoms with E-state index in [1.165, 1.54) is 19.4 Å². The average molecular weight is 427 g/mol. The predicted octanol–water partition coefficient (Wildman–Crippen LogP) is 3.40. The number of hydrogen-bond acceptors (Lipinski definition) is 8. The highest BCUT2D eigenvalue weighted by Crippen LogP contribution is 2.41. The van der Waals surface area contributed by atoms with Gasteiger partial charge in [0.05, 0.1) is 30.9 Å². The Balaban J connectivity index is 1.67. The molecule has 1 unspecified atom stereocenters. The van der Waals surface area contributed by atoms with E-state index in [-0.39, 0.29) is 17.7 Å². The predicted molar refractivity (Wildman–Crippen MR) is 115 cm³/mol. The minimum absolute atomic E-state index is 0.0506. The van der Waals surface area contributed by atoms with Crippen LogP contribution >= 0.6 is 0 Å². The van der Waals surface area contributed by atoms with Gasteiger partial charge in [0.15, 0.2) is 17.3 Å². The molecule has 31 heavy (non-hydrogen) atoms. The maximum Gasteiger partial charge on any atom is 0.511 e. The molecule has 164 valence electrons. The average Bonchev–Trinajstić information content (AvgIpc) is 3.27. The first-order valence-electron chi connectivity index (χ1n) is 10.2. The number of carboxylic acid groups (broad SMARTS) is 1. The van der Waals surface area contributed by atoms with Crippen molar-refractivity contribution in [2.45, 2.75) is 44.7 Å². The molecule has 2 N–H and O–H groups in total. The van der Waals surface area contributed by atoms with Gasteiger partial charge in [-0.25, -0.2) is 14.8 Å². The number of rotatable bonds is 5. The molecule has 4 rings (SSSR count). The van der Waals surface area contributed by atoms with Gasteiger partial charge in [-0.3, -0.25) is 4.79 Å². The maximum absolute atomic E-state index is 12.8. The van der Waals surface area contributed by atoms with Crippen LogP contribution in [0.3, 0.4) is 0 Å². The van der Waals surface area contributed by atoms with E-state index in [4.69, 9.17) is 9.84 Å². The van der Waals surface area contributed by atoms with Crippen molar-refractivity contribution < 1.29 is 24.2 Å². The molecule has 0 radical (unpaired) electrons. The van der Waals surface area contributed by atoms with E-state index in [0.717, 1.165) is 37.1 Å². The zero-order chi connectivity index (χ0) is 22.1. The van der Waals surface area contributed by atoms with Crippen LogP contribution in [-0.4, -0.2) is 53.4 Å². The van der Waals surface area contributed by atoms with E-state index >= 15 is 0 Å². The second-order valence-electron chi connectivity index (χ2n) is 7.69. The Kier molecular flexibility index (Phi) is 5.53. The Bertz CT molecular complexity index is 1010. The zero-order valence-electron chi connectivity index (χ0n) is 17.7. The molecular weight excluding hydrogens is 402 g/mol. The second kappa shape index (κ2) is 8.29. The van der Waals surface area contributed by atoms with E-state index in [2.05, 4.69) is 24.9 Å². The number of nitrogens with one attached hydrogen (secondary N) is 1. The van der Waals surface area contributed by atoms with E-state index in [0.29, 0.717) is 23.4 Å². The lowest BCUT2D eigenvalue weighted by Gasteiger charge is -2.43. The van der Waals surface area contributed by atoms with Crippen molar-refractivity contribution in [2.75, 3.05) is 29.3 Å². The highest BCUT2D eigenvalue weighted by molar-refractivity contribution is 6.05. The summed E-state index contributed by atoms with van der Waals surface area (Å²) in [6.07, 6.45) is 5.98. The molecule has 1 amide bonds. The molecule has 2 aromatic rings. The minimum atomic E-state index is -1.43. The third-order valence-electron chi connectivity index (χ3n) is 5.82. The third-order valence-corrected chi connectivity index (χ3v) is 5.82.